The number of para-hydroxylation sites is 1. The number of aromatic nitrogens is 2. The quantitative estimate of drug-likeness (QED) is 0.655. The predicted octanol–water partition coefficient (Wildman–Crippen LogP) is 3.74. The Morgan fingerprint density at radius 1 is 1.08 bits per heavy atom. The molecule has 26 heavy (non-hydrogen) atoms. The van der Waals surface area contributed by atoms with Gasteiger partial charge in [-0.15, -0.1) is 0 Å². The van der Waals surface area contributed by atoms with E-state index in [1.807, 2.05) is 62.5 Å². The van der Waals surface area contributed by atoms with Crippen molar-refractivity contribution < 1.29 is 4.79 Å². The summed E-state index contributed by atoms with van der Waals surface area (Å²) in [5, 5.41) is 2.84. The summed E-state index contributed by atoms with van der Waals surface area (Å²) in [4.78, 5) is 25.5. The molecule has 0 aliphatic carbocycles. The molecule has 2 aromatic carbocycles. The van der Waals surface area contributed by atoms with Gasteiger partial charge in [0, 0.05) is 34.0 Å². The molecule has 1 N–H and O–H groups in total. The van der Waals surface area contributed by atoms with Gasteiger partial charge in [-0.3, -0.25) is 14.3 Å². The molecule has 0 atom stereocenters. The minimum absolute atomic E-state index is 0.153. The van der Waals surface area contributed by atoms with Crippen LogP contribution in [0.15, 0.2) is 57.8 Å². The fourth-order valence-electron chi connectivity index (χ4n) is 3.20. The molecule has 2 heterocycles. The fraction of sp³-hybridized carbons (Fsp3) is 0.100. The van der Waals surface area contributed by atoms with E-state index in [1.165, 1.54) is 0 Å². The molecular weight excluding hydrogens is 394 g/mol. The van der Waals surface area contributed by atoms with Crippen LogP contribution in [-0.2, 0) is 11.8 Å². The lowest BCUT2D eigenvalue weighted by Gasteiger charge is -2.07. The van der Waals surface area contributed by atoms with Gasteiger partial charge in [-0.25, -0.2) is 4.68 Å². The van der Waals surface area contributed by atoms with E-state index >= 15 is 0 Å². The summed E-state index contributed by atoms with van der Waals surface area (Å²) in [6.45, 7) is 1.88. The molecule has 0 radical (unpaired) electrons. The summed E-state index contributed by atoms with van der Waals surface area (Å²) in [6.07, 6.45) is 1.69. The number of nitrogens with zero attached hydrogens (tertiary/aromatic N) is 2. The minimum atomic E-state index is -0.202. The number of carbonyl (C=O) groups excluding carboxylic acids is 1. The van der Waals surface area contributed by atoms with Gasteiger partial charge in [0.05, 0.1) is 11.3 Å². The van der Waals surface area contributed by atoms with Gasteiger partial charge in [0.1, 0.15) is 0 Å². The molecule has 1 amide bonds. The number of carbonyl (C=O) groups is 1. The highest BCUT2D eigenvalue weighted by Crippen LogP contribution is 2.35. The third-order valence-electron chi connectivity index (χ3n) is 4.65. The van der Waals surface area contributed by atoms with Crippen molar-refractivity contribution in [3.05, 3.63) is 80.2 Å². The van der Waals surface area contributed by atoms with E-state index in [0.717, 1.165) is 27.1 Å². The van der Waals surface area contributed by atoms with Crippen LogP contribution in [0.3, 0.4) is 0 Å². The van der Waals surface area contributed by atoms with Crippen LogP contribution in [0.2, 0.25) is 0 Å². The van der Waals surface area contributed by atoms with E-state index < -0.39 is 0 Å². The lowest BCUT2D eigenvalue weighted by atomic mass is 10.0. The normalized spacial score (nSPS) is 14.6. The zero-order chi connectivity index (χ0) is 18.4. The average Bonchev–Trinajstić information content (AvgIpc) is 3.04. The maximum atomic E-state index is 13.0. The minimum Gasteiger partial charge on any atom is -0.321 e. The Morgan fingerprint density at radius 3 is 2.54 bits per heavy atom. The second-order valence-corrected chi connectivity index (χ2v) is 7.09. The first-order chi connectivity index (χ1) is 12.5. The Bertz CT molecular complexity index is 1120. The third-order valence-corrected chi connectivity index (χ3v) is 5.15. The number of hydrogen-bond acceptors (Lipinski definition) is 2. The van der Waals surface area contributed by atoms with Crippen LogP contribution in [0, 0.1) is 6.92 Å². The van der Waals surface area contributed by atoms with Gasteiger partial charge in [-0.2, -0.15) is 0 Å². The molecule has 0 bridgehead atoms. The Kier molecular flexibility index (Phi) is 3.92. The molecule has 0 fully saturated rings. The highest BCUT2D eigenvalue weighted by atomic mass is 79.9. The molecule has 4 rings (SSSR count). The van der Waals surface area contributed by atoms with Crippen LogP contribution < -0.4 is 10.9 Å². The molecule has 3 aromatic rings. The van der Waals surface area contributed by atoms with E-state index in [0.29, 0.717) is 11.1 Å². The van der Waals surface area contributed by atoms with E-state index in [4.69, 9.17) is 0 Å². The van der Waals surface area contributed by atoms with Crippen molar-refractivity contribution in [1.82, 2.24) is 9.36 Å². The lowest BCUT2D eigenvalue weighted by Crippen LogP contribution is -2.20. The van der Waals surface area contributed by atoms with Crippen molar-refractivity contribution in [2.24, 2.45) is 7.05 Å². The zero-order valence-electron chi connectivity index (χ0n) is 14.3. The highest BCUT2D eigenvalue weighted by molar-refractivity contribution is 9.10. The molecule has 1 aliphatic heterocycles. The van der Waals surface area contributed by atoms with Crippen LogP contribution in [0.1, 0.15) is 16.8 Å². The van der Waals surface area contributed by atoms with Crippen LogP contribution in [0.4, 0.5) is 5.69 Å². The zero-order valence-corrected chi connectivity index (χ0v) is 15.9. The van der Waals surface area contributed by atoms with E-state index in [2.05, 4.69) is 21.2 Å². The number of anilines is 1. The van der Waals surface area contributed by atoms with Crippen LogP contribution in [0.25, 0.3) is 17.3 Å². The Balaban J connectivity index is 1.92. The standard InChI is InChI=1S/C20H16BrN3O2/c1-12-15(20(26)24(23(12)2)14-6-4-3-5-7-14)11-17-16-10-13(21)8-9-18(16)22-19(17)25/h3-11H,1-2H3,(H,22,25)/b17-11-. The highest BCUT2D eigenvalue weighted by Gasteiger charge is 2.26. The molecule has 1 aliphatic rings. The molecule has 0 spiro atoms. The third kappa shape index (κ3) is 2.54. The summed E-state index contributed by atoms with van der Waals surface area (Å²) < 4.78 is 4.29. The number of benzene rings is 2. The summed E-state index contributed by atoms with van der Waals surface area (Å²) in [6, 6.07) is 15.0. The summed E-state index contributed by atoms with van der Waals surface area (Å²) in [5.41, 5.74) is 3.97. The maximum Gasteiger partial charge on any atom is 0.278 e. The summed E-state index contributed by atoms with van der Waals surface area (Å²) in [7, 11) is 1.84. The number of hydrogen-bond donors (Lipinski definition) is 1. The summed E-state index contributed by atoms with van der Waals surface area (Å²) in [5.74, 6) is -0.202. The van der Waals surface area contributed by atoms with Crippen LogP contribution in [-0.4, -0.2) is 15.3 Å². The van der Waals surface area contributed by atoms with Gasteiger partial charge >= 0.3 is 0 Å². The number of nitrogens with one attached hydrogen (secondary N) is 1. The molecule has 6 heteroatoms. The Labute approximate surface area is 158 Å². The Morgan fingerprint density at radius 2 is 1.81 bits per heavy atom. The smallest absolute Gasteiger partial charge is 0.278 e. The van der Waals surface area contributed by atoms with Gasteiger partial charge in [0.2, 0.25) is 0 Å². The van der Waals surface area contributed by atoms with Crippen LogP contribution in [0.5, 0.6) is 0 Å². The second kappa shape index (κ2) is 6.14. The average molecular weight is 410 g/mol. The van der Waals surface area contributed by atoms with E-state index in [-0.39, 0.29) is 11.5 Å². The van der Waals surface area contributed by atoms with Crippen molar-refractivity contribution in [3.63, 3.8) is 0 Å². The molecular formula is C20H16BrN3O2. The summed E-state index contributed by atoms with van der Waals surface area (Å²) >= 11 is 3.44. The largest absolute Gasteiger partial charge is 0.321 e. The first kappa shape index (κ1) is 16.6. The molecule has 0 saturated heterocycles. The van der Waals surface area contributed by atoms with E-state index in [1.54, 1.807) is 15.4 Å². The molecule has 0 unspecified atom stereocenters. The lowest BCUT2D eigenvalue weighted by molar-refractivity contribution is -0.110. The van der Waals surface area contributed by atoms with Gasteiger partial charge < -0.3 is 5.32 Å². The van der Waals surface area contributed by atoms with Gasteiger partial charge in [0.25, 0.3) is 11.5 Å². The fourth-order valence-corrected chi connectivity index (χ4v) is 3.56. The van der Waals surface area contributed by atoms with Crippen LogP contribution >= 0.6 is 15.9 Å². The van der Waals surface area contributed by atoms with Crippen molar-refractivity contribution >= 4 is 39.2 Å². The first-order valence-electron chi connectivity index (χ1n) is 8.14. The number of rotatable bonds is 2. The molecule has 1 aromatic heterocycles. The number of fused-ring (bicyclic) bond motifs is 1. The molecule has 5 nitrogen and oxygen atoms in total. The van der Waals surface area contributed by atoms with Gasteiger partial charge in [-0.1, -0.05) is 34.1 Å². The maximum absolute atomic E-state index is 13.0. The molecule has 130 valence electrons. The van der Waals surface area contributed by atoms with Crippen molar-refractivity contribution in [2.75, 3.05) is 5.32 Å². The topological polar surface area (TPSA) is 56.0 Å². The first-order valence-corrected chi connectivity index (χ1v) is 8.93. The molecule has 0 saturated carbocycles. The SMILES string of the molecule is Cc1c(/C=C2\C(=O)Nc3ccc(Br)cc32)c(=O)n(-c2ccccc2)n1C. The number of halogens is 1. The monoisotopic (exact) mass is 409 g/mol. The second-order valence-electron chi connectivity index (χ2n) is 6.18. The van der Waals surface area contributed by atoms with E-state index in [9.17, 15) is 9.59 Å². The Hall–Kier alpha value is -2.86. The predicted molar refractivity (Wildman–Crippen MR) is 106 cm³/mol. The van der Waals surface area contributed by atoms with Crippen molar-refractivity contribution in [3.8, 4) is 5.69 Å². The van der Waals surface area contributed by atoms with Crippen molar-refractivity contribution in [2.45, 2.75) is 6.92 Å². The van der Waals surface area contributed by atoms with Gasteiger partial charge in [-0.05, 0) is 43.3 Å². The van der Waals surface area contributed by atoms with Gasteiger partial charge in [0.15, 0.2) is 0 Å². The number of amides is 1. The van der Waals surface area contributed by atoms with Crippen molar-refractivity contribution in [1.29, 1.82) is 0 Å².